The van der Waals surface area contributed by atoms with Crippen molar-refractivity contribution in [3.05, 3.63) is 224 Å². The van der Waals surface area contributed by atoms with Crippen LogP contribution < -0.4 is 4.90 Å². The molecule has 64 heavy (non-hydrogen) atoms. The minimum atomic E-state index is 0.799. The maximum Gasteiger partial charge on any atom is 0.145 e. The predicted molar refractivity (Wildman–Crippen MR) is 265 cm³/mol. The van der Waals surface area contributed by atoms with Crippen LogP contribution in [0, 0.1) is 0 Å². The van der Waals surface area contributed by atoms with Gasteiger partial charge in [-0.15, -0.1) is 0 Å². The fraction of sp³-hybridized carbons (Fsp3) is 0. The molecule has 13 aromatic rings. The third kappa shape index (κ3) is 5.77. The summed E-state index contributed by atoms with van der Waals surface area (Å²) in [4.78, 5) is 2.43. The molecule has 300 valence electrons. The van der Waals surface area contributed by atoms with Crippen LogP contribution in [0.3, 0.4) is 0 Å². The summed E-state index contributed by atoms with van der Waals surface area (Å²) < 4.78 is 20.7. The Kier molecular flexibility index (Phi) is 8.18. The van der Waals surface area contributed by atoms with E-state index >= 15 is 0 Å². The lowest BCUT2D eigenvalue weighted by Crippen LogP contribution is -2.11. The number of hydrogen-bond acceptors (Lipinski definition) is 4. The zero-order valence-electron chi connectivity index (χ0n) is 34.5. The first kappa shape index (κ1) is 36.1. The quantitative estimate of drug-likeness (QED) is 0.161. The fourth-order valence-electron chi connectivity index (χ4n) is 9.70. The summed E-state index contributed by atoms with van der Waals surface area (Å²) in [6, 6.07) is 79.0. The molecule has 10 aromatic carbocycles. The van der Waals surface area contributed by atoms with Gasteiger partial charge in [-0.3, -0.25) is 0 Å². The first-order valence-electron chi connectivity index (χ1n) is 21.7. The van der Waals surface area contributed by atoms with Gasteiger partial charge in [0, 0.05) is 21.7 Å². The van der Waals surface area contributed by atoms with Crippen molar-refractivity contribution in [1.82, 2.24) is 0 Å². The van der Waals surface area contributed by atoms with E-state index in [1.165, 1.54) is 0 Å². The van der Waals surface area contributed by atoms with Crippen LogP contribution in [0.25, 0.3) is 110 Å². The third-order valence-electron chi connectivity index (χ3n) is 12.7. The van der Waals surface area contributed by atoms with Gasteiger partial charge in [0.2, 0.25) is 0 Å². The van der Waals surface area contributed by atoms with Gasteiger partial charge in [-0.25, -0.2) is 0 Å². The molecular formula is C60H37NO3. The summed E-state index contributed by atoms with van der Waals surface area (Å²) in [5, 5.41) is 6.14. The maximum atomic E-state index is 7.13. The summed E-state index contributed by atoms with van der Waals surface area (Å²) in [5.74, 6) is 0. The van der Waals surface area contributed by atoms with Gasteiger partial charge >= 0.3 is 0 Å². The van der Waals surface area contributed by atoms with Crippen LogP contribution in [0.2, 0.25) is 0 Å². The molecule has 0 amide bonds. The Morgan fingerprint density at radius 1 is 0.250 bits per heavy atom. The van der Waals surface area contributed by atoms with Gasteiger partial charge in [0.05, 0.1) is 33.2 Å². The number of benzene rings is 10. The first-order valence-corrected chi connectivity index (χ1v) is 21.7. The summed E-state index contributed by atoms with van der Waals surface area (Å²) in [7, 11) is 0. The molecule has 0 spiro atoms. The zero-order valence-corrected chi connectivity index (χ0v) is 34.5. The molecule has 0 radical (unpaired) electrons. The van der Waals surface area contributed by atoms with Crippen molar-refractivity contribution in [3.63, 3.8) is 0 Å². The van der Waals surface area contributed by atoms with Gasteiger partial charge in [-0.1, -0.05) is 158 Å². The molecule has 0 saturated carbocycles. The molecule has 0 atom stereocenters. The van der Waals surface area contributed by atoms with E-state index < -0.39 is 0 Å². The normalized spacial score (nSPS) is 11.8. The molecule has 0 N–H and O–H groups in total. The van der Waals surface area contributed by atoms with Crippen molar-refractivity contribution in [2.45, 2.75) is 0 Å². The van der Waals surface area contributed by atoms with Gasteiger partial charge in [0.1, 0.15) is 33.5 Å². The third-order valence-corrected chi connectivity index (χ3v) is 12.7. The van der Waals surface area contributed by atoms with Gasteiger partial charge in [-0.05, 0) is 106 Å². The molecule has 0 aliphatic rings. The minimum Gasteiger partial charge on any atom is -0.456 e. The van der Waals surface area contributed by atoms with E-state index in [4.69, 9.17) is 13.3 Å². The number of para-hydroxylation sites is 1. The summed E-state index contributed by atoms with van der Waals surface area (Å²) in [5.41, 5.74) is 16.5. The molecule has 0 unspecified atom stereocenters. The zero-order chi connectivity index (χ0) is 42.1. The van der Waals surface area contributed by atoms with Crippen molar-refractivity contribution in [3.8, 4) is 44.5 Å². The molecule has 4 heteroatoms. The number of furan rings is 3. The average molecular weight is 820 g/mol. The van der Waals surface area contributed by atoms with Crippen molar-refractivity contribution in [1.29, 1.82) is 0 Å². The Balaban J connectivity index is 1.18. The van der Waals surface area contributed by atoms with E-state index in [9.17, 15) is 0 Å². The highest BCUT2D eigenvalue weighted by Crippen LogP contribution is 2.52. The van der Waals surface area contributed by atoms with Gasteiger partial charge in [0.25, 0.3) is 0 Å². The number of anilines is 3. The van der Waals surface area contributed by atoms with Crippen LogP contribution >= 0.6 is 0 Å². The van der Waals surface area contributed by atoms with Crippen LogP contribution in [-0.2, 0) is 0 Å². The Morgan fingerprint density at radius 3 is 1.41 bits per heavy atom. The molecule has 13 rings (SSSR count). The maximum absolute atomic E-state index is 7.13. The van der Waals surface area contributed by atoms with Crippen molar-refractivity contribution < 1.29 is 13.3 Å². The standard InChI is InChI=1S/C60H37NO3/c1-5-16-38(17-6-1)42-28-30-47-54(35-42)63-56-37-44(40-20-9-3-10-21-40)34-51(58(47)56)61(49-25-15-27-53-57(49)46-24-13-14-26-52(46)62-53)50-33-32-45(41-22-11-4-12-23-41)60-59(50)48-31-29-43(36-55(48)64-60)39-18-7-2-8-19-39/h1-37H. The van der Waals surface area contributed by atoms with Crippen molar-refractivity contribution in [2.75, 3.05) is 4.90 Å². The Bertz CT molecular complexity index is 3880. The second kappa shape index (κ2) is 14.5. The van der Waals surface area contributed by atoms with Gasteiger partial charge in [0.15, 0.2) is 0 Å². The van der Waals surface area contributed by atoms with Gasteiger partial charge in [-0.2, -0.15) is 0 Å². The van der Waals surface area contributed by atoms with E-state index in [0.717, 1.165) is 127 Å². The smallest absolute Gasteiger partial charge is 0.145 e. The second-order valence-corrected chi connectivity index (χ2v) is 16.4. The molecule has 0 aliphatic carbocycles. The lowest BCUT2D eigenvalue weighted by Gasteiger charge is -2.28. The largest absolute Gasteiger partial charge is 0.456 e. The first-order chi connectivity index (χ1) is 31.7. The van der Waals surface area contributed by atoms with E-state index in [2.05, 4.69) is 211 Å². The Morgan fingerprint density at radius 2 is 0.734 bits per heavy atom. The summed E-state index contributed by atoms with van der Waals surface area (Å²) >= 11 is 0. The van der Waals surface area contributed by atoms with Crippen LogP contribution in [0.15, 0.2) is 238 Å². The van der Waals surface area contributed by atoms with Crippen LogP contribution in [0.1, 0.15) is 0 Å². The molecule has 3 heterocycles. The number of fused-ring (bicyclic) bond motifs is 9. The van der Waals surface area contributed by atoms with E-state index in [-0.39, 0.29) is 0 Å². The average Bonchev–Trinajstić information content (AvgIpc) is 4.06. The molecular weight excluding hydrogens is 783 g/mol. The molecule has 3 aromatic heterocycles. The predicted octanol–water partition coefficient (Wildman–Crippen LogP) is 17.5. The molecule has 4 nitrogen and oxygen atoms in total. The molecule has 0 bridgehead atoms. The highest BCUT2D eigenvalue weighted by molar-refractivity contribution is 6.23. The van der Waals surface area contributed by atoms with E-state index in [0.29, 0.717) is 0 Å². The number of nitrogens with zero attached hydrogens (tertiary/aromatic N) is 1. The number of rotatable bonds is 7. The van der Waals surface area contributed by atoms with E-state index in [1.807, 2.05) is 18.2 Å². The molecule has 0 aliphatic heterocycles. The monoisotopic (exact) mass is 819 g/mol. The minimum absolute atomic E-state index is 0.799. The highest BCUT2D eigenvalue weighted by Gasteiger charge is 2.28. The fourth-order valence-corrected chi connectivity index (χ4v) is 9.70. The SMILES string of the molecule is c1ccc(-c2ccc3c(c2)oc2cc(-c4ccccc4)cc(N(c4cccc5oc6ccccc6c45)c4ccc(-c5ccccc5)c5oc6cc(-c7ccccc7)ccc6c45)c23)cc1. The second-order valence-electron chi connectivity index (χ2n) is 16.4. The van der Waals surface area contributed by atoms with Crippen molar-refractivity contribution >= 4 is 82.9 Å². The Labute approximate surface area is 368 Å². The van der Waals surface area contributed by atoms with Crippen LogP contribution in [-0.4, -0.2) is 0 Å². The van der Waals surface area contributed by atoms with Crippen molar-refractivity contribution in [2.24, 2.45) is 0 Å². The number of hydrogen-bond donors (Lipinski definition) is 0. The summed E-state index contributed by atoms with van der Waals surface area (Å²) in [6.45, 7) is 0. The Hall–Kier alpha value is -8.60. The lowest BCUT2D eigenvalue weighted by atomic mass is 9.96. The summed E-state index contributed by atoms with van der Waals surface area (Å²) in [6.07, 6.45) is 0. The van der Waals surface area contributed by atoms with Crippen LogP contribution in [0.5, 0.6) is 0 Å². The molecule has 0 saturated heterocycles. The van der Waals surface area contributed by atoms with Gasteiger partial charge < -0.3 is 18.2 Å². The lowest BCUT2D eigenvalue weighted by molar-refractivity contribution is 0.669. The van der Waals surface area contributed by atoms with E-state index in [1.54, 1.807) is 0 Å². The molecule has 0 fully saturated rings. The topological polar surface area (TPSA) is 42.7 Å². The van der Waals surface area contributed by atoms with Crippen LogP contribution in [0.4, 0.5) is 17.1 Å². The highest BCUT2D eigenvalue weighted by atomic mass is 16.3.